The molecular formula is C13H16N2O3+2. The smallest absolute Gasteiger partial charge is 0.361 e. The molecule has 0 atom stereocenters. The standard InChI is InChI=1S/C13H14N2O3/c1-9-4-2-5-10(8-9)15(18)13-11(14-17)6-3-7-12(13)16/h2-7,14,17H,8H2,1H3,(H-,16,18)/p+2/b15-10+. The molecule has 5 N–H and O–H groups in total. The summed E-state index contributed by atoms with van der Waals surface area (Å²) in [5.74, 6) is -0.0894. The predicted molar refractivity (Wildman–Crippen MR) is 65.7 cm³/mol. The molecule has 0 amide bonds. The molecule has 1 aliphatic carbocycles. The second-order valence-corrected chi connectivity index (χ2v) is 4.20. The van der Waals surface area contributed by atoms with Gasteiger partial charge in [-0.3, -0.25) is 5.21 Å². The van der Waals surface area contributed by atoms with Gasteiger partial charge in [0, 0.05) is 16.9 Å². The highest BCUT2D eigenvalue weighted by Crippen LogP contribution is 2.31. The number of phenols is 1. The molecule has 0 fully saturated rings. The number of nitrogens with zero attached hydrogens (tertiary/aromatic N) is 1. The minimum atomic E-state index is -0.0894. The number of phenolic OH excluding ortho intramolecular Hbond substituents is 1. The summed E-state index contributed by atoms with van der Waals surface area (Å²) in [5.41, 5.74) is 3.13. The van der Waals surface area contributed by atoms with E-state index in [0.717, 1.165) is 15.8 Å². The molecule has 5 nitrogen and oxygen atoms in total. The molecular weight excluding hydrogens is 232 g/mol. The Bertz CT molecular complexity index is 559. The summed E-state index contributed by atoms with van der Waals surface area (Å²) in [6.45, 7) is 1.96. The lowest BCUT2D eigenvalue weighted by Crippen LogP contribution is -2.73. The zero-order valence-electron chi connectivity index (χ0n) is 10.0. The van der Waals surface area contributed by atoms with Crippen molar-refractivity contribution in [3.8, 4) is 5.75 Å². The first-order valence-corrected chi connectivity index (χ1v) is 5.61. The number of aromatic hydroxyl groups is 1. The Morgan fingerprint density at radius 1 is 1.33 bits per heavy atom. The van der Waals surface area contributed by atoms with Gasteiger partial charge >= 0.3 is 5.69 Å². The number of hydrogen-bond donors (Lipinski definition) is 4. The van der Waals surface area contributed by atoms with Gasteiger partial charge in [-0.25, -0.2) is 5.21 Å². The SMILES string of the molecule is CC1=CC=C/C(=[N+](\O)c2c(O)cccc2[NH2+]O)C1. The Morgan fingerprint density at radius 3 is 2.78 bits per heavy atom. The van der Waals surface area contributed by atoms with Gasteiger partial charge in [0.15, 0.2) is 5.75 Å². The van der Waals surface area contributed by atoms with Crippen molar-refractivity contribution in [1.29, 1.82) is 0 Å². The average Bonchev–Trinajstić information content (AvgIpc) is 2.37. The average molecular weight is 248 g/mol. The minimum Gasteiger partial charge on any atom is -0.502 e. The fraction of sp³-hybridized carbons (Fsp3) is 0.154. The topological polar surface area (TPSA) is 80.3 Å². The van der Waals surface area contributed by atoms with E-state index in [-0.39, 0.29) is 11.4 Å². The van der Waals surface area contributed by atoms with Crippen LogP contribution < -0.4 is 5.48 Å². The largest absolute Gasteiger partial charge is 0.502 e. The maximum absolute atomic E-state index is 10.2. The van der Waals surface area contributed by atoms with E-state index < -0.39 is 0 Å². The van der Waals surface area contributed by atoms with Crippen molar-refractivity contribution in [3.05, 3.63) is 42.0 Å². The number of nitrogens with two attached hydrogens (primary N) is 1. The molecule has 18 heavy (non-hydrogen) atoms. The van der Waals surface area contributed by atoms with E-state index in [1.165, 1.54) is 6.07 Å². The summed E-state index contributed by atoms with van der Waals surface area (Å²) in [6, 6.07) is 4.66. The normalized spacial score (nSPS) is 17.6. The number of allylic oxidation sites excluding steroid dienone is 4. The Kier molecular flexibility index (Phi) is 3.45. The van der Waals surface area contributed by atoms with Crippen LogP contribution in [0.15, 0.2) is 42.0 Å². The summed E-state index contributed by atoms with van der Waals surface area (Å²) >= 11 is 0. The van der Waals surface area contributed by atoms with E-state index in [4.69, 9.17) is 5.21 Å². The van der Waals surface area contributed by atoms with Crippen LogP contribution in [0.25, 0.3) is 0 Å². The lowest BCUT2D eigenvalue weighted by molar-refractivity contribution is -0.830. The number of benzene rings is 1. The minimum absolute atomic E-state index is 0.0894. The molecule has 0 radical (unpaired) electrons. The van der Waals surface area contributed by atoms with Crippen LogP contribution in [0, 0.1) is 0 Å². The van der Waals surface area contributed by atoms with Crippen LogP contribution in [0.2, 0.25) is 0 Å². The Morgan fingerprint density at radius 2 is 2.11 bits per heavy atom. The maximum atomic E-state index is 10.2. The third kappa shape index (κ3) is 2.27. The van der Waals surface area contributed by atoms with E-state index in [1.54, 1.807) is 18.2 Å². The van der Waals surface area contributed by atoms with E-state index in [9.17, 15) is 10.3 Å². The molecule has 1 aromatic rings. The maximum Gasteiger partial charge on any atom is 0.361 e. The van der Waals surface area contributed by atoms with Gasteiger partial charge in [0.05, 0.1) is 6.42 Å². The van der Waals surface area contributed by atoms with Crippen molar-refractivity contribution >= 4 is 17.1 Å². The first-order chi connectivity index (χ1) is 8.63. The van der Waals surface area contributed by atoms with Gasteiger partial charge in [-0.05, 0) is 13.0 Å². The third-order valence-electron chi connectivity index (χ3n) is 2.80. The first kappa shape index (κ1) is 12.3. The van der Waals surface area contributed by atoms with Crippen LogP contribution in [0.4, 0.5) is 11.4 Å². The van der Waals surface area contributed by atoms with Crippen LogP contribution in [0.5, 0.6) is 5.75 Å². The molecule has 1 aliphatic rings. The monoisotopic (exact) mass is 248 g/mol. The second-order valence-electron chi connectivity index (χ2n) is 4.20. The van der Waals surface area contributed by atoms with Crippen molar-refractivity contribution in [2.24, 2.45) is 0 Å². The van der Waals surface area contributed by atoms with Crippen molar-refractivity contribution in [3.63, 3.8) is 0 Å². The molecule has 94 valence electrons. The second kappa shape index (κ2) is 5.03. The first-order valence-electron chi connectivity index (χ1n) is 5.61. The van der Waals surface area contributed by atoms with E-state index in [0.29, 0.717) is 17.8 Å². The van der Waals surface area contributed by atoms with Crippen molar-refractivity contribution < 1.29 is 25.7 Å². The highest BCUT2D eigenvalue weighted by molar-refractivity contribution is 5.94. The molecule has 0 saturated heterocycles. The Labute approximate surface area is 105 Å². The van der Waals surface area contributed by atoms with Gasteiger partial charge in [0.1, 0.15) is 0 Å². The fourth-order valence-corrected chi connectivity index (χ4v) is 1.90. The lowest BCUT2D eigenvalue weighted by Gasteiger charge is -2.05. The number of hydrogen-bond acceptors (Lipinski definition) is 3. The highest BCUT2D eigenvalue weighted by Gasteiger charge is 2.27. The Hall–Kier alpha value is -2.11. The van der Waals surface area contributed by atoms with E-state index in [2.05, 4.69) is 0 Å². The van der Waals surface area contributed by atoms with Crippen molar-refractivity contribution in [1.82, 2.24) is 0 Å². The zero-order valence-corrected chi connectivity index (χ0v) is 10.0. The molecule has 0 spiro atoms. The molecule has 0 bridgehead atoms. The van der Waals surface area contributed by atoms with Gasteiger partial charge in [-0.2, -0.15) is 5.48 Å². The molecule has 0 aliphatic heterocycles. The van der Waals surface area contributed by atoms with Crippen molar-refractivity contribution in [2.45, 2.75) is 13.3 Å². The van der Waals surface area contributed by atoms with E-state index >= 15 is 0 Å². The highest BCUT2D eigenvalue weighted by atomic mass is 16.5. The van der Waals surface area contributed by atoms with Gasteiger partial charge < -0.3 is 5.11 Å². The summed E-state index contributed by atoms with van der Waals surface area (Å²) < 4.78 is 0.907. The number of rotatable bonds is 2. The summed E-state index contributed by atoms with van der Waals surface area (Å²) in [6.07, 6.45) is 6.15. The molecule has 5 heteroatoms. The van der Waals surface area contributed by atoms with Crippen molar-refractivity contribution in [2.75, 3.05) is 0 Å². The molecule has 1 aromatic carbocycles. The number of para-hydroxylation sites is 1. The van der Waals surface area contributed by atoms with Crippen LogP contribution in [-0.4, -0.2) is 26.0 Å². The van der Waals surface area contributed by atoms with Crippen LogP contribution >= 0.6 is 0 Å². The van der Waals surface area contributed by atoms with Crippen LogP contribution in [-0.2, 0) is 0 Å². The molecule has 2 rings (SSSR count). The Balaban J connectivity index is 2.52. The van der Waals surface area contributed by atoms with Gasteiger partial charge in [0.25, 0.3) is 0 Å². The molecule has 0 heterocycles. The van der Waals surface area contributed by atoms with Crippen LogP contribution in [0.3, 0.4) is 0 Å². The third-order valence-corrected chi connectivity index (χ3v) is 2.80. The van der Waals surface area contributed by atoms with Gasteiger partial charge in [-0.15, -0.1) is 0 Å². The number of quaternary nitrogens is 1. The van der Waals surface area contributed by atoms with E-state index in [1.807, 2.05) is 19.1 Å². The predicted octanol–water partition coefficient (Wildman–Crippen LogP) is 1.36. The summed E-state index contributed by atoms with van der Waals surface area (Å²) in [4.78, 5) is 0. The van der Waals surface area contributed by atoms with Gasteiger partial charge in [-0.1, -0.05) is 23.8 Å². The summed E-state index contributed by atoms with van der Waals surface area (Å²) in [7, 11) is 0. The van der Waals surface area contributed by atoms with Gasteiger partial charge in [0.2, 0.25) is 11.4 Å². The fourth-order valence-electron chi connectivity index (χ4n) is 1.90. The summed E-state index contributed by atoms with van der Waals surface area (Å²) in [5, 5.41) is 29.1. The quantitative estimate of drug-likeness (QED) is 0.276. The molecule has 0 unspecified atom stereocenters. The zero-order chi connectivity index (χ0) is 13.1. The lowest BCUT2D eigenvalue weighted by atomic mass is 10.0. The molecule has 0 aromatic heterocycles. The molecule has 0 saturated carbocycles. The van der Waals surface area contributed by atoms with Crippen LogP contribution in [0.1, 0.15) is 13.3 Å².